The quantitative estimate of drug-likeness (QED) is 0.605. The third-order valence-electron chi connectivity index (χ3n) is 2.94. The van der Waals surface area contributed by atoms with Crippen molar-refractivity contribution in [3.63, 3.8) is 0 Å². The summed E-state index contributed by atoms with van der Waals surface area (Å²) in [4.78, 5) is 0. The zero-order valence-electron chi connectivity index (χ0n) is 7.18. The molecule has 3 unspecified atom stereocenters. The molecule has 1 N–H and O–H groups in total. The van der Waals surface area contributed by atoms with Crippen LogP contribution in [0.3, 0.4) is 0 Å². The Balaban J connectivity index is 1.75. The summed E-state index contributed by atoms with van der Waals surface area (Å²) in [6.45, 7) is 4.48. The summed E-state index contributed by atoms with van der Waals surface area (Å²) in [6.07, 6.45) is 4.61. The van der Waals surface area contributed by atoms with Gasteiger partial charge in [-0.2, -0.15) is 0 Å². The Kier molecular flexibility index (Phi) is 2.14. The average Bonchev–Trinajstić information content (AvgIpc) is 2.87. The monoisotopic (exact) mass is 155 g/mol. The highest BCUT2D eigenvalue weighted by Gasteiger charge is 2.34. The fourth-order valence-corrected chi connectivity index (χ4v) is 1.89. The third kappa shape index (κ3) is 1.74. The second kappa shape index (κ2) is 3.11. The molecule has 2 saturated heterocycles. The maximum Gasteiger partial charge on any atom is 0.0962 e. The van der Waals surface area contributed by atoms with Gasteiger partial charge in [0.25, 0.3) is 0 Å². The second-order valence-corrected chi connectivity index (χ2v) is 3.74. The molecule has 2 aliphatic rings. The van der Waals surface area contributed by atoms with Crippen molar-refractivity contribution in [2.75, 3.05) is 13.2 Å². The van der Waals surface area contributed by atoms with Gasteiger partial charge in [0.2, 0.25) is 0 Å². The van der Waals surface area contributed by atoms with Crippen molar-refractivity contribution >= 4 is 0 Å². The van der Waals surface area contributed by atoms with Gasteiger partial charge in [0.05, 0.1) is 12.7 Å². The Labute approximate surface area is 68.3 Å². The first-order valence-electron chi connectivity index (χ1n) is 4.75. The number of hydrogen-bond acceptors (Lipinski definition) is 2. The van der Waals surface area contributed by atoms with Crippen LogP contribution in [0.25, 0.3) is 0 Å². The highest BCUT2D eigenvalue weighted by atomic mass is 16.6. The van der Waals surface area contributed by atoms with Crippen molar-refractivity contribution in [2.24, 2.45) is 5.92 Å². The van der Waals surface area contributed by atoms with Gasteiger partial charge in [-0.1, -0.05) is 13.3 Å². The second-order valence-electron chi connectivity index (χ2n) is 3.74. The molecule has 11 heavy (non-hydrogen) atoms. The summed E-state index contributed by atoms with van der Waals surface area (Å²) in [7, 11) is 0. The highest BCUT2D eigenvalue weighted by Crippen LogP contribution is 2.24. The Morgan fingerprint density at radius 1 is 1.45 bits per heavy atom. The lowest BCUT2D eigenvalue weighted by Crippen LogP contribution is -2.42. The smallest absolute Gasteiger partial charge is 0.0962 e. The van der Waals surface area contributed by atoms with Crippen molar-refractivity contribution in [1.82, 2.24) is 5.32 Å². The first-order chi connectivity index (χ1) is 5.40. The first kappa shape index (κ1) is 7.56. The molecule has 0 bridgehead atoms. The van der Waals surface area contributed by atoms with E-state index < -0.39 is 0 Å². The van der Waals surface area contributed by atoms with Crippen molar-refractivity contribution in [1.29, 1.82) is 0 Å². The molecule has 64 valence electrons. The Morgan fingerprint density at radius 2 is 2.27 bits per heavy atom. The predicted molar refractivity (Wildman–Crippen MR) is 44.5 cm³/mol. The molecule has 0 aromatic carbocycles. The molecule has 0 amide bonds. The van der Waals surface area contributed by atoms with Crippen LogP contribution in [0, 0.1) is 5.92 Å². The van der Waals surface area contributed by atoms with E-state index in [1.807, 2.05) is 0 Å². The van der Waals surface area contributed by atoms with Gasteiger partial charge in [0, 0.05) is 6.04 Å². The summed E-state index contributed by atoms with van der Waals surface area (Å²) in [6, 6.07) is 0.679. The molecule has 0 saturated carbocycles. The summed E-state index contributed by atoms with van der Waals surface area (Å²) in [5.41, 5.74) is 0. The molecular weight excluding hydrogens is 138 g/mol. The van der Waals surface area contributed by atoms with Gasteiger partial charge in [0.15, 0.2) is 0 Å². The van der Waals surface area contributed by atoms with E-state index >= 15 is 0 Å². The van der Waals surface area contributed by atoms with Gasteiger partial charge in [-0.15, -0.1) is 0 Å². The molecule has 2 fully saturated rings. The largest absolute Gasteiger partial charge is 0.371 e. The van der Waals surface area contributed by atoms with Gasteiger partial charge in [-0.3, -0.25) is 0 Å². The number of piperidine rings is 1. The van der Waals surface area contributed by atoms with E-state index in [9.17, 15) is 0 Å². The molecule has 2 nitrogen and oxygen atoms in total. The van der Waals surface area contributed by atoms with Crippen LogP contribution in [0.2, 0.25) is 0 Å². The molecule has 2 rings (SSSR count). The number of hydrogen-bond donors (Lipinski definition) is 1. The van der Waals surface area contributed by atoms with Crippen molar-refractivity contribution in [3.05, 3.63) is 0 Å². The van der Waals surface area contributed by atoms with E-state index in [4.69, 9.17) is 4.74 Å². The third-order valence-corrected chi connectivity index (χ3v) is 2.94. The molecule has 0 aromatic rings. The van der Waals surface area contributed by atoms with Crippen LogP contribution in [0.5, 0.6) is 0 Å². The van der Waals surface area contributed by atoms with E-state index in [2.05, 4.69) is 12.2 Å². The maximum atomic E-state index is 5.25. The molecule has 0 radical (unpaired) electrons. The van der Waals surface area contributed by atoms with Crippen LogP contribution in [0.1, 0.15) is 26.2 Å². The van der Waals surface area contributed by atoms with Gasteiger partial charge in [-0.25, -0.2) is 0 Å². The molecule has 0 aliphatic carbocycles. The lowest BCUT2D eigenvalue weighted by atomic mass is 9.92. The molecular formula is C9H17NO. The summed E-state index contributed by atoms with van der Waals surface area (Å²) >= 11 is 0. The lowest BCUT2D eigenvalue weighted by molar-refractivity contribution is 0.255. The standard InChI is InChI=1S/C9H17NO/c1-2-7-3-4-8(10-5-7)9-6-11-9/h7-10H,2-6H2,1H3. The molecule has 2 heteroatoms. The van der Waals surface area contributed by atoms with Crippen LogP contribution in [-0.2, 0) is 4.74 Å². The first-order valence-corrected chi connectivity index (χ1v) is 4.75. The molecule has 3 atom stereocenters. The predicted octanol–water partition coefficient (Wildman–Crippen LogP) is 1.16. The topological polar surface area (TPSA) is 24.6 Å². The summed E-state index contributed by atoms with van der Waals surface area (Å²) in [5.74, 6) is 0.921. The van der Waals surface area contributed by atoms with E-state index in [0.29, 0.717) is 12.1 Å². The average molecular weight is 155 g/mol. The van der Waals surface area contributed by atoms with E-state index in [-0.39, 0.29) is 0 Å². The molecule has 2 aliphatic heterocycles. The maximum absolute atomic E-state index is 5.25. The molecule has 2 heterocycles. The Bertz CT molecular complexity index is 126. The molecule has 0 aromatic heterocycles. The zero-order chi connectivity index (χ0) is 7.68. The van der Waals surface area contributed by atoms with Crippen LogP contribution >= 0.6 is 0 Å². The number of nitrogens with one attached hydrogen (secondary N) is 1. The summed E-state index contributed by atoms with van der Waals surface area (Å²) in [5, 5.41) is 3.56. The Morgan fingerprint density at radius 3 is 2.73 bits per heavy atom. The van der Waals surface area contributed by atoms with Crippen molar-refractivity contribution in [2.45, 2.75) is 38.3 Å². The molecule has 0 spiro atoms. The van der Waals surface area contributed by atoms with Crippen molar-refractivity contribution in [3.8, 4) is 0 Å². The minimum Gasteiger partial charge on any atom is -0.371 e. The summed E-state index contributed by atoms with van der Waals surface area (Å²) < 4.78 is 5.25. The fourth-order valence-electron chi connectivity index (χ4n) is 1.89. The van der Waals surface area contributed by atoms with Crippen LogP contribution in [-0.4, -0.2) is 25.3 Å². The minimum absolute atomic E-state index is 0.563. The van der Waals surface area contributed by atoms with E-state index in [0.717, 1.165) is 12.5 Å². The van der Waals surface area contributed by atoms with Crippen LogP contribution in [0.15, 0.2) is 0 Å². The van der Waals surface area contributed by atoms with E-state index in [1.54, 1.807) is 0 Å². The van der Waals surface area contributed by atoms with Gasteiger partial charge in [-0.05, 0) is 25.3 Å². The highest BCUT2D eigenvalue weighted by molar-refractivity contribution is 4.88. The van der Waals surface area contributed by atoms with E-state index in [1.165, 1.54) is 25.8 Å². The zero-order valence-corrected chi connectivity index (χ0v) is 7.18. The normalized spacial score (nSPS) is 43.9. The van der Waals surface area contributed by atoms with Gasteiger partial charge < -0.3 is 10.1 Å². The van der Waals surface area contributed by atoms with Gasteiger partial charge >= 0.3 is 0 Å². The number of epoxide rings is 1. The minimum atomic E-state index is 0.563. The van der Waals surface area contributed by atoms with Crippen molar-refractivity contribution < 1.29 is 4.74 Å². The van der Waals surface area contributed by atoms with Gasteiger partial charge in [0.1, 0.15) is 0 Å². The number of rotatable bonds is 2. The lowest BCUT2D eigenvalue weighted by Gasteiger charge is -2.28. The Hall–Kier alpha value is -0.0800. The number of ether oxygens (including phenoxy) is 1. The van der Waals surface area contributed by atoms with Crippen LogP contribution in [0.4, 0.5) is 0 Å². The van der Waals surface area contributed by atoms with Crippen LogP contribution < -0.4 is 5.32 Å². The SMILES string of the molecule is CCC1CCC(C2CO2)NC1. The fraction of sp³-hybridized carbons (Fsp3) is 1.00.